The lowest BCUT2D eigenvalue weighted by molar-refractivity contribution is 0.185. The number of nitrogens with zero attached hydrogens (tertiary/aromatic N) is 1. The van der Waals surface area contributed by atoms with E-state index in [1.807, 2.05) is 13.8 Å². The van der Waals surface area contributed by atoms with Gasteiger partial charge in [-0.05, 0) is 37.6 Å². The number of aromatic nitrogens is 1. The van der Waals surface area contributed by atoms with Gasteiger partial charge in [0.05, 0.1) is 5.70 Å². The van der Waals surface area contributed by atoms with Crippen molar-refractivity contribution < 1.29 is 17.2 Å². The van der Waals surface area contributed by atoms with Crippen LogP contribution in [0.2, 0.25) is 5.15 Å². The summed E-state index contributed by atoms with van der Waals surface area (Å²) in [6.45, 7) is 6.69. The predicted octanol–water partition coefficient (Wildman–Crippen LogP) is 4.98. The second-order valence-electron chi connectivity index (χ2n) is 4.06. The van der Waals surface area contributed by atoms with E-state index in [4.69, 9.17) is 11.6 Å². The average Bonchev–Trinajstić information content (AvgIpc) is 2.46. The van der Waals surface area contributed by atoms with Crippen molar-refractivity contribution in [1.82, 2.24) is 10.3 Å². The van der Waals surface area contributed by atoms with E-state index >= 15 is 0 Å². The van der Waals surface area contributed by atoms with Crippen molar-refractivity contribution >= 4 is 54.7 Å². The Morgan fingerprint density at radius 3 is 2.26 bits per heavy atom. The van der Waals surface area contributed by atoms with Gasteiger partial charge < -0.3 is 5.32 Å². The van der Waals surface area contributed by atoms with Gasteiger partial charge in [-0.3, -0.25) is 0 Å². The quantitative estimate of drug-likeness (QED) is 0.504. The number of hydrogen-bond acceptors (Lipinski definition) is 4. The summed E-state index contributed by atoms with van der Waals surface area (Å²) >= 11 is 13.5. The Kier molecular flexibility index (Phi) is 8.97. The Balaban J connectivity index is 0.00000232. The van der Waals surface area contributed by atoms with Gasteiger partial charge in [0.1, 0.15) is 10.5 Å². The minimum atomic E-state index is -4.90. The Morgan fingerprint density at radius 2 is 1.91 bits per heavy atom. The highest BCUT2D eigenvalue weighted by Crippen LogP contribution is 2.31. The van der Waals surface area contributed by atoms with E-state index < -0.39 is 19.9 Å². The summed E-state index contributed by atoms with van der Waals surface area (Å²) in [6, 6.07) is 3.06. The average molecular weight is 454 g/mol. The van der Waals surface area contributed by atoms with Gasteiger partial charge >= 0.3 is 4.71 Å². The van der Waals surface area contributed by atoms with E-state index in [1.54, 1.807) is 13.0 Å². The molecule has 1 N–H and O–H groups in total. The molecule has 0 aliphatic rings. The molecule has 10 heteroatoms. The van der Waals surface area contributed by atoms with Gasteiger partial charge in [-0.2, -0.15) is 8.78 Å². The smallest absolute Gasteiger partial charge is 0.368 e. The molecule has 0 fully saturated rings. The van der Waals surface area contributed by atoms with Gasteiger partial charge in [0.25, 0.3) is 9.84 Å². The number of allylic oxidation sites excluding steroid dienone is 1. The third kappa shape index (κ3) is 6.17. The minimum Gasteiger partial charge on any atom is -0.368 e. The van der Waals surface area contributed by atoms with Gasteiger partial charge in [-0.15, -0.1) is 0 Å². The number of pyridine rings is 1. The highest BCUT2D eigenvalue weighted by Gasteiger charge is 2.46. The Labute approximate surface area is 153 Å². The van der Waals surface area contributed by atoms with Crippen LogP contribution >= 0.6 is 39.1 Å². The summed E-state index contributed by atoms with van der Waals surface area (Å²) in [6.07, 6.45) is 1.38. The van der Waals surface area contributed by atoms with Crippen molar-refractivity contribution in [2.24, 2.45) is 0 Å². The largest absolute Gasteiger partial charge is 0.424 e. The van der Waals surface area contributed by atoms with Crippen LogP contribution in [0.5, 0.6) is 0 Å². The molecule has 0 saturated carbocycles. The van der Waals surface area contributed by atoms with Crippen LogP contribution in [0.1, 0.15) is 33.3 Å². The molecule has 0 aromatic carbocycles. The Morgan fingerprint density at radius 1 is 1.39 bits per heavy atom. The van der Waals surface area contributed by atoms with E-state index in [-0.39, 0.29) is 10.9 Å². The molecule has 4 nitrogen and oxygen atoms in total. The van der Waals surface area contributed by atoms with E-state index in [0.717, 1.165) is 6.92 Å². The van der Waals surface area contributed by atoms with Crippen molar-refractivity contribution in [3.05, 3.63) is 33.5 Å². The molecule has 0 spiro atoms. The third-order valence-electron chi connectivity index (χ3n) is 2.50. The van der Waals surface area contributed by atoms with Crippen LogP contribution in [0, 0.1) is 0 Å². The third-order valence-corrected chi connectivity index (χ3v) is 5.46. The first-order valence-electron chi connectivity index (χ1n) is 6.52. The van der Waals surface area contributed by atoms with Gasteiger partial charge in [0, 0.05) is 16.2 Å². The molecule has 1 aromatic rings. The number of rotatable bonds is 5. The van der Waals surface area contributed by atoms with Crippen LogP contribution in [0.3, 0.4) is 0 Å². The standard InChI is InChI=1S/C11H11BrCl2F2N2O2S.C2H6/c1-6(12)10(8-3-4-9(13)17-5-8)18-7(2)21(19,20)11(14,15)16;1-2/h3-5,7,18H,1-2H3;1-2H3/b10-6+;. The second-order valence-corrected chi connectivity index (χ2v) is 8.64. The zero-order valence-electron chi connectivity index (χ0n) is 12.9. The number of hydrogen-bond donors (Lipinski definition) is 1. The van der Waals surface area contributed by atoms with Crippen molar-refractivity contribution in [2.45, 2.75) is 37.8 Å². The molecule has 1 rings (SSSR count). The maximum Gasteiger partial charge on any atom is 0.424 e. The molecule has 1 unspecified atom stereocenters. The first-order chi connectivity index (χ1) is 10.5. The van der Waals surface area contributed by atoms with Crippen LogP contribution < -0.4 is 5.32 Å². The van der Waals surface area contributed by atoms with Gasteiger partial charge in [-0.25, -0.2) is 13.4 Å². The fourth-order valence-corrected chi connectivity index (χ4v) is 2.92. The normalized spacial score (nSPS) is 14.3. The van der Waals surface area contributed by atoms with E-state index in [2.05, 4.69) is 37.8 Å². The fourth-order valence-electron chi connectivity index (χ4n) is 1.39. The zero-order valence-corrected chi connectivity index (χ0v) is 16.8. The maximum absolute atomic E-state index is 12.9. The second kappa shape index (κ2) is 9.15. The lowest BCUT2D eigenvalue weighted by Gasteiger charge is -2.21. The fraction of sp³-hybridized carbons (Fsp3) is 0.462. The highest BCUT2D eigenvalue weighted by molar-refractivity contribution is 9.11. The monoisotopic (exact) mass is 452 g/mol. The highest BCUT2D eigenvalue weighted by atomic mass is 79.9. The molecule has 23 heavy (non-hydrogen) atoms. The number of sulfone groups is 1. The predicted molar refractivity (Wildman–Crippen MR) is 94.4 cm³/mol. The molecule has 132 valence electrons. The SMILES string of the molecule is C/C(Br)=C(\NC(C)S(=O)(=O)C(F)(F)Cl)c1ccc(Cl)nc1.CC. The summed E-state index contributed by atoms with van der Waals surface area (Å²) in [7, 11) is -4.90. The van der Waals surface area contributed by atoms with Crippen LogP contribution in [0.15, 0.2) is 22.8 Å². The molecule has 1 atom stereocenters. The molecular weight excluding hydrogens is 437 g/mol. The molecule has 1 aromatic heterocycles. The van der Waals surface area contributed by atoms with Crippen molar-refractivity contribution in [1.29, 1.82) is 0 Å². The molecule has 0 saturated heterocycles. The van der Waals surface area contributed by atoms with E-state index in [9.17, 15) is 17.2 Å². The minimum absolute atomic E-state index is 0.248. The maximum atomic E-state index is 12.9. The lowest BCUT2D eigenvalue weighted by atomic mass is 10.2. The summed E-state index contributed by atoms with van der Waals surface area (Å²) < 4.78 is 45.2. The van der Waals surface area contributed by atoms with E-state index in [0.29, 0.717) is 10.0 Å². The molecule has 0 amide bonds. The topological polar surface area (TPSA) is 59.1 Å². The number of alkyl halides is 3. The van der Waals surface area contributed by atoms with Crippen LogP contribution in [-0.2, 0) is 9.84 Å². The van der Waals surface area contributed by atoms with Gasteiger partial charge in [-0.1, -0.05) is 41.4 Å². The lowest BCUT2D eigenvalue weighted by Crippen LogP contribution is -2.40. The Bertz CT molecular complexity index is 643. The molecule has 0 aliphatic heterocycles. The van der Waals surface area contributed by atoms with Crippen molar-refractivity contribution in [3.63, 3.8) is 0 Å². The Hall–Kier alpha value is -0.440. The first-order valence-corrected chi connectivity index (χ1v) is 9.61. The van der Waals surface area contributed by atoms with Crippen molar-refractivity contribution in [3.8, 4) is 0 Å². The number of halogens is 5. The van der Waals surface area contributed by atoms with Crippen LogP contribution in [0.4, 0.5) is 8.78 Å². The number of nitrogens with one attached hydrogen (secondary N) is 1. The molecule has 0 aliphatic carbocycles. The van der Waals surface area contributed by atoms with Crippen LogP contribution in [-0.4, -0.2) is 23.5 Å². The summed E-state index contributed by atoms with van der Waals surface area (Å²) in [5.74, 6) is 0. The molecule has 0 bridgehead atoms. The van der Waals surface area contributed by atoms with Crippen LogP contribution in [0.25, 0.3) is 5.70 Å². The van der Waals surface area contributed by atoms with Gasteiger partial charge in [0.2, 0.25) is 0 Å². The molecule has 0 radical (unpaired) electrons. The van der Waals surface area contributed by atoms with Crippen molar-refractivity contribution in [2.75, 3.05) is 0 Å². The molecule has 1 heterocycles. The first kappa shape index (κ1) is 22.6. The molecular formula is C13H17BrCl2F2N2O2S. The summed E-state index contributed by atoms with van der Waals surface area (Å²) in [5.41, 5.74) is 0.768. The van der Waals surface area contributed by atoms with Gasteiger partial charge in [0.15, 0.2) is 0 Å². The zero-order chi connectivity index (χ0) is 18.4. The summed E-state index contributed by atoms with van der Waals surface area (Å²) in [4.78, 5) is 3.85. The summed E-state index contributed by atoms with van der Waals surface area (Å²) in [5, 5.41) is 1.14. The van der Waals surface area contributed by atoms with E-state index in [1.165, 1.54) is 12.3 Å².